The van der Waals surface area contributed by atoms with Crippen molar-refractivity contribution in [2.24, 2.45) is 0 Å². The number of rotatable bonds is 6. The van der Waals surface area contributed by atoms with E-state index >= 15 is 0 Å². The van der Waals surface area contributed by atoms with Gasteiger partial charge in [0, 0.05) is 48.4 Å². The molecule has 2 aromatic rings. The van der Waals surface area contributed by atoms with Crippen LogP contribution in [0.2, 0.25) is 0 Å². The van der Waals surface area contributed by atoms with Gasteiger partial charge in [-0.15, -0.1) is 0 Å². The van der Waals surface area contributed by atoms with Gasteiger partial charge < -0.3 is 5.32 Å². The largest absolute Gasteiger partial charge is 0.388 e. The third-order valence-electron chi connectivity index (χ3n) is 4.51. The number of aldehydes is 1. The quantitative estimate of drug-likeness (QED) is 0.652. The van der Waals surface area contributed by atoms with Gasteiger partial charge in [-0.3, -0.25) is 14.7 Å². The second-order valence-electron chi connectivity index (χ2n) is 6.22. The molecule has 1 aromatic carbocycles. The summed E-state index contributed by atoms with van der Waals surface area (Å²) in [6.07, 6.45) is 7.18. The number of aromatic nitrogens is 1. The molecule has 4 heteroatoms. The molecule has 4 nitrogen and oxygen atoms in total. The molecule has 1 aliphatic rings. The zero-order valence-electron chi connectivity index (χ0n) is 14.1. The van der Waals surface area contributed by atoms with E-state index in [0.717, 1.165) is 35.2 Å². The summed E-state index contributed by atoms with van der Waals surface area (Å²) in [7, 11) is 1.84. The van der Waals surface area contributed by atoms with Gasteiger partial charge in [-0.25, -0.2) is 0 Å². The van der Waals surface area contributed by atoms with Crippen LogP contribution in [0.15, 0.2) is 43.2 Å². The zero-order chi connectivity index (χ0) is 16.9. The molecule has 0 atom stereocenters. The van der Waals surface area contributed by atoms with Crippen molar-refractivity contribution in [3.63, 3.8) is 0 Å². The third-order valence-corrected chi connectivity index (χ3v) is 4.51. The summed E-state index contributed by atoms with van der Waals surface area (Å²) in [5, 5.41) is 3.11. The molecule has 0 aliphatic carbocycles. The van der Waals surface area contributed by atoms with E-state index in [1.54, 1.807) is 0 Å². The van der Waals surface area contributed by atoms with Gasteiger partial charge in [0.25, 0.3) is 0 Å². The van der Waals surface area contributed by atoms with Gasteiger partial charge in [-0.2, -0.15) is 0 Å². The Morgan fingerprint density at radius 2 is 2.04 bits per heavy atom. The SMILES string of the molecule is C=C(C=O)c1cc(-c2cncc(CN3CCCC3)c2)ccc1NC. The number of nitrogens with one attached hydrogen (secondary N) is 1. The molecule has 0 spiro atoms. The summed E-state index contributed by atoms with van der Waals surface area (Å²) in [5.41, 5.74) is 5.54. The predicted octanol–water partition coefficient (Wildman–Crippen LogP) is 3.60. The Bertz CT molecular complexity index is 748. The van der Waals surface area contributed by atoms with Crippen molar-refractivity contribution in [1.82, 2.24) is 9.88 Å². The summed E-state index contributed by atoms with van der Waals surface area (Å²) in [5.74, 6) is 0. The summed E-state index contributed by atoms with van der Waals surface area (Å²) in [6.45, 7) is 7.13. The maximum absolute atomic E-state index is 11.1. The van der Waals surface area contributed by atoms with Gasteiger partial charge in [0.05, 0.1) is 0 Å². The van der Waals surface area contributed by atoms with E-state index in [1.807, 2.05) is 37.6 Å². The number of allylic oxidation sites excluding steroid dienone is 1. The predicted molar refractivity (Wildman–Crippen MR) is 98.8 cm³/mol. The Kier molecular flexibility index (Phi) is 5.06. The molecule has 1 aromatic heterocycles. The average Bonchev–Trinajstić information content (AvgIpc) is 3.13. The van der Waals surface area contributed by atoms with Crippen molar-refractivity contribution in [1.29, 1.82) is 0 Å². The zero-order valence-corrected chi connectivity index (χ0v) is 14.1. The highest BCUT2D eigenvalue weighted by atomic mass is 16.1. The number of carbonyl (C=O) groups excluding carboxylic acids is 1. The van der Waals surface area contributed by atoms with Crippen LogP contribution in [-0.2, 0) is 11.3 Å². The van der Waals surface area contributed by atoms with E-state index in [1.165, 1.54) is 31.5 Å². The molecular formula is C20H23N3O. The number of likely N-dealkylation sites (tertiary alicyclic amines) is 1. The molecule has 1 saturated heterocycles. The van der Waals surface area contributed by atoms with Crippen LogP contribution in [0, 0.1) is 0 Å². The summed E-state index contributed by atoms with van der Waals surface area (Å²) in [4.78, 5) is 18.0. The number of hydrogen-bond acceptors (Lipinski definition) is 4. The Balaban J connectivity index is 1.90. The minimum Gasteiger partial charge on any atom is -0.388 e. The number of pyridine rings is 1. The molecule has 0 bridgehead atoms. The van der Waals surface area contributed by atoms with E-state index in [9.17, 15) is 4.79 Å². The van der Waals surface area contributed by atoms with Crippen LogP contribution in [-0.4, -0.2) is 36.3 Å². The number of benzene rings is 1. The molecule has 3 rings (SSSR count). The number of nitrogens with zero attached hydrogens (tertiary/aromatic N) is 2. The molecular weight excluding hydrogens is 298 g/mol. The van der Waals surface area contributed by atoms with Crippen LogP contribution in [0.4, 0.5) is 5.69 Å². The number of hydrogen-bond donors (Lipinski definition) is 1. The maximum atomic E-state index is 11.1. The summed E-state index contributed by atoms with van der Waals surface area (Å²) >= 11 is 0. The first-order valence-corrected chi connectivity index (χ1v) is 8.34. The Morgan fingerprint density at radius 3 is 2.75 bits per heavy atom. The first-order chi connectivity index (χ1) is 11.7. The van der Waals surface area contributed by atoms with Crippen molar-refractivity contribution in [2.75, 3.05) is 25.5 Å². The fraction of sp³-hybridized carbons (Fsp3) is 0.300. The first kappa shape index (κ1) is 16.4. The van der Waals surface area contributed by atoms with Gasteiger partial charge in [-0.05, 0) is 55.3 Å². The van der Waals surface area contributed by atoms with Crippen LogP contribution >= 0.6 is 0 Å². The molecule has 0 saturated carbocycles. The highest BCUT2D eigenvalue weighted by Gasteiger charge is 2.13. The van der Waals surface area contributed by atoms with Crippen molar-refractivity contribution >= 4 is 17.5 Å². The van der Waals surface area contributed by atoms with E-state index in [0.29, 0.717) is 5.57 Å². The van der Waals surface area contributed by atoms with Crippen LogP contribution < -0.4 is 5.32 Å². The Labute approximate surface area is 143 Å². The van der Waals surface area contributed by atoms with Gasteiger partial charge in [-0.1, -0.05) is 12.6 Å². The van der Waals surface area contributed by atoms with Gasteiger partial charge in [0.2, 0.25) is 0 Å². The maximum Gasteiger partial charge on any atom is 0.150 e. The normalized spacial score (nSPS) is 14.5. The Morgan fingerprint density at radius 1 is 1.25 bits per heavy atom. The topological polar surface area (TPSA) is 45.2 Å². The molecule has 2 heterocycles. The fourth-order valence-electron chi connectivity index (χ4n) is 3.20. The third kappa shape index (κ3) is 3.54. The van der Waals surface area contributed by atoms with E-state index in [2.05, 4.69) is 27.8 Å². The van der Waals surface area contributed by atoms with Gasteiger partial charge in [0.15, 0.2) is 0 Å². The van der Waals surface area contributed by atoms with Crippen molar-refractivity contribution < 1.29 is 4.79 Å². The van der Waals surface area contributed by atoms with Crippen molar-refractivity contribution in [3.05, 3.63) is 54.4 Å². The summed E-state index contributed by atoms with van der Waals surface area (Å²) < 4.78 is 0. The first-order valence-electron chi connectivity index (χ1n) is 8.34. The molecule has 24 heavy (non-hydrogen) atoms. The average molecular weight is 321 g/mol. The Hall–Kier alpha value is -2.46. The highest BCUT2D eigenvalue weighted by Crippen LogP contribution is 2.29. The van der Waals surface area contributed by atoms with Crippen LogP contribution in [0.25, 0.3) is 16.7 Å². The standard InChI is InChI=1S/C20H23N3O/c1-15(14-24)19-10-17(5-6-20(19)21-2)18-9-16(11-22-12-18)13-23-7-3-4-8-23/h5-6,9-12,14,21H,1,3-4,7-8,13H2,2H3. The minimum atomic E-state index is 0.474. The molecule has 0 amide bonds. The molecule has 0 unspecified atom stereocenters. The van der Waals surface area contributed by atoms with Crippen molar-refractivity contribution in [3.8, 4) is 11.1 Å². The molecule has 1 N–H and O–H groups in total. The van der Waals surface area contributed by atoms with Crippen LogP contribution in [0.5, 0.6) is 0 Å². The number of carbonyl (C=O) groups is 1. The minimum absolute atomic E-state index is 0.474. The lowest BCUT2D eigenvalue weighted by atomic mass is 9.98. The lowest BCUT2D eigenvalue weighted by Gasteiger charge is -2.15. The highest BCUT2D eigenvalue weighted by molar-refractivity contribution is 6.08. The second kappa shape index (κ2) is 7.41. The molecule has 124 valence electrons. The second-order valence-corrected chi connectivity index (χ2v) is 6.22. The lowest BCUT2D eigenvalue weighted by molar-refractivity contribution is -0.103. The fourth-order valence-corrected chi connectivity index (χ4v) is 3.20. The van der Waals surface area contributed by atoms with Gasteiger partial charge >= 0.3 is 0 Å². The monoisotopic (exact) mass is 321 g/mol. The number of anilines is 1. The smallest absolute Gasteiger partial charge is 0.150 e. The molecule has 1 fully saturated rings. The van der Waals surface area contributed by atoms with Crippen LogP contribution in [0.1, 0.15) is 24.0 Å². The molecule has 1 aliphatic heterocycles. The van der Waals surface area contributed by atoms with E-state index in [-0.39, 0.29) is 0 Å². The van der Waals surface area contributed by atoms with Crippen molar-refractivity contribution in [2.45, 2.75) is 19.4 Å². The lowest BCUT2D eigenvalue weighted by Crippen LogP contribution is -2.18. The molecule has 0 radical (unpaired) electrons. The van der Waals surface area contributed by atoms with Crippen LogP contribution in [0.3, 0.4) is 0 Å². The summed E-state index contributed by atoms with van der Waals surface area (Å²) in [6, 6.07) is 8.21. The van der Waals surface area contributed by atoms with E-state index < -0.39 is 0 Å². The van der Waals surface area contributed by atoms with Gasteiger partial charge in [0.1, 0.15) is 6.29 Å². The van der Waals surface area contributed by atoms with E-state index in [4.69, 9.17) is 0 Å².